The van der Waals surface area contributed by atoms with Gasteiger partial charge in [-0.1, -0.05) is 12.1 Å². The van der Waals surface area contributed by atoms with Gasteiger partial charge in [0.15, 0.2) is 0 Å². The molecule has 10 heteroatoms. The van der Waals surface area contributed by atoms with Crippen LogP contribution in [0.25, 0.3) is 0 Å². The number of pyridine rings is 1. The number of piperidine rings is 1. The smallest absolute Gasteiger partial charge is 0.269 e. The van der Waals surface area contributed by atoms with Gasteiger partial charge in [-0.05, 0) is 43.4 Å². The lowest BCUT2D eigenvalue weighted by molar-refractivity contribution is -0.384. The van der Waals surface area contributed by atoms with Crippen molar-refractivity contribution < 1.29 is 14.5 Å². The van der Waals surface area contributed by atoms with Crippen molar-refractivity contribution in [3.8, 4) is 0 Å². The molecular formula is C24H30N6O4. The maximum Gasteiger partial charge on any atom is 0.269 e. The number of carbonyl (C=O) groups excluding carboxylic acids is 2. The van der Waals surface area contributed by atoms with E-state index >= 15 is 0 Å². The third kappa shape index (κ3) is 5.57. The molecule has 2 aromatic rings. The predicted octanol–water partition coefficient (Wildman–Crippen LogP) is 1.70. The normalized spacial score (nSPS) is 20.2. The molecule has 2 atom stereocenters. The first kappa shape index (κ1) is 23.8. The SMILES string of the molecule is NCCNC(=O)[C@H]1CC(N(Cc2ccc([N+](=O)[O-])cc2)C2CC2)CCN1C(=O)c1cccnc1. The molecule has 2 amide bonds. The molecule has 2 aliphatic rings. The first-order valence-corrected chi connectivity index (χ1v) is 11.7. The van der Waals surface area contributed by atoms with E-state index in [0.717, 1.165) is 24.8 Å². The molecule has 1 aromatic heterocycles. The third-order valence-electron chi connectivity index (χ3n) is 6.49. The molecule has 0 radical (unpaired) electrons. The molecule has 1 aliphatic carbocycles. The van der Waals surface area contributed by atoms with E-state index in [-0.39, 0.29) is 23.5 Å². The minimum atomic E-state index is -0.601. The molecule has 1 unspecified atom stereocenters. The van der Waals surface area contributed by atoms with E-state index in [2.05, 4.69) is 15.2 Å². The van der Waals surface area contributed by atoms with E-state index in [0.29, 0.717) is 44.2 Å². The molecule has 10 nitrogen and oxygen atoms in total. The summed E-state index contributed by atoms with van der Waals surface area (Å²) in [6.45, 7) is 1.79. The Bertz CT molecular complexity index is 1010. The number of likely N-dealkylation sites (tertiary alicyclic amines) is 1. The second-order valence-corrected chi connectivity index (χ2v) is 8.84. The summed E-state index contributed by atoms with van der Waals surface area (Å²) in [6, 6.07) is 10.0. The van der Waals surface area contributed by atoms with Gasteiger partial charge in [-0.3, -0.25) is 29.6 Å². The lowest BCUT2D eigenvalue weighted by atomic mass is 9.93. The molecule has 2 heterocycles. The topological polar surface area (TPSA) is 135 Å². The summed E-state index contributed by atoms with van der Waals surface area (Å²) in [5.41, 5.74) is 7.10. The summed E-state index contributed by atoms with van der Waals surface area (Å²) in [6.07, 6.45) is 6.58. The van der Waals surface area contributed by atoms with Crippen LogP contribution in [0.3, 0.4) is 0 Å². The van der Waals surface area contributed by atoms with Crippen LogP contribution in [0.1, 0.15) is 41.6 Å². The molecular weight excluding hydrogens is 436 g/mol. The maximum absolute atomic E-state index is 13.2. The number of nitrogens with zero attached hydrogens (tertiary/aromatic N) is 4. The van der Waals surface area contributed by atoms with Crippen LogP contribution in [-0.4, -0.2) is 69.3 Å². The summed E-state index contributed by atoms with van der Waals surface area (Å²) in [4.78, 5) is 44.9. The fourth-order valence-corrected chi connectivity index (χ4v) is 4.60. The largest absolute Gasteiger partial charge is 0.353 e. The summed E-state index contributed by atoms with van der Waals surface area (Å²) in [5, 5.41) is 13.8. The van der Waals surface area contributed by atoms with Crippen molar-refractivity contribution in [2.75, 3.05) is 19.6 Å². The maximum atomic E-state index is 13.2. The predicted molar refractivity (Wildman–Crippen MR) is 126 cm³/mol. The van der Waals surface area contributed by atoms with Crippen molar-refractivity contribution in [2.24, 2.45) is 5.73 Å². The van der Waals surface area contributed by atoms with E-state index in [1.54, 1.807) is 35.4 Å². The number of carbonyl (C=O) groups is 2. The molecule has 0 spiro atoms. The number of nitrogens with two attached hydrogens (primary N) is 1. The number of amides is 2. The number of benzene rings is 1. The molecule has 3 N–H and O–H groups in total. The molecule has 0 bridgehead atoms. The number of aromatic nitrogens is 1. The number of rotatable bonds is 9. The van der Waals surface area contributed by atoms with Crippen LogP contribution in [0.2, 0.25) is 0 Å². The highest BCUT2D eigenvalue weighted by molar-refractivity contribution is 5.97. The highest BCUT2D eigenvalue weighted by Crippen LogP contribution is 2.35. The third-order valence-corrected chi connectivity index (χ3v) is 6.49. The number of nitrogens with one attached hydrogen (secondary N) is 1. The number of hydrogen-bond donors (Lipinski definition) is 2. The van der Waals surface area contributed by atoms with Gasteiger partial charge in [-0.25, -0.2) is 0 Å². The Hall–Kier alpha value is -3.37. The molecule has 180 valence electrons. The summed E-state index contributed by atoms with van der Waals surface area (Å²) < 4.78 is 0. The Kier molecular flexibility index (Phi) is 7.49. The van der Waals surface area contributed by atoms with Crippen LogP contribution in [0.4, 0.5) is 5.69 Å². The van der Waals surface area contributed by atoms with Crippen molar-refractivity contribution in [1.82, 2.24) is 20.1 Å². The zero-order valence-electron chi connectivity index (χ0n) is 19.0. The molecule has 34 heavy (non-hydrogen) atoms. The Labute approximate surface area is 198 Å². The number of nitro groups is 1. The van der Waals surface area contributed by atoms with Gasteiger partial charge < -0.3 is 16.0 Å². The van der Waals surface area contributed by atoms with Gasteiger partial charge in [-0.15, -0.1) is 0 Å². The average Bonchev–Trinajstić information content (AvgIpc) is 3.71. The lowest BCUT2D eigenvalue weighted by Crippen LogP contribution is -2.57. The van der Waals surface area contributed by atoms with Gasteiger partial charge in [0.25, 0.3) is 11.6 Å². The highest BCUT2D eigenvalue weighted by atomic mass is 16.6. The van der Waals surface area contributed by atoms with Gasteiger partial charge in [0.1, 0.15) is 6.04 Å². The summed E-state index contributed by atoms with van der Waals surface area (Å²) >= 11 is 0. The first-order chi connectivity index (χ1) is 16.5. The monoisotopic (exact) mass is 466 g/mol. The zero-order valence-corrected chi connectivity index (χ0v) is 19.0. The van der Waals surface area contributed by atoms with Gasteiger partial charge in [0.05, 0.1) is 10.5 Å². The number of non-ortho nitro benzene ring substituents is 1. The van der Waals surface area contributed by atoms with Crippen LogP contribution < -0.4 is 11.1 Å². The van der Waals surface area contributed by atoms with Gasteiger partial charge in [-0.2, -0.15) is 0 Å². The molecule has 1 saturated carbocycles. The Morgan fingerprint density at radius 1 is 1.18 bits per heavy atom. The first-order valence-electron chi connectivity index (χ1n) is 11.7. The number of hydrogen-bond acceptors (Lipinski definition) is 7. The van der Waals surface area contributed by atoms with E-state index in [1.165, 1.54) is 18.3 Å². The molecule has 1 aromatic carbocycles. The van der Waals surface area contributed by atoms with Crippen molar-refractivity contribution >= 4 is 17.5 Å². The van der Waals surface area contributed by atoms with Gasteiger partial charge in [0.2, 0.25) is 5.91 Å². The molecule has 4 rings (SSSR count). The van der Waals surface area contributed by atoms with E-state index in [4.69, 9.17) is 5.73 Å². The van der Waals surface area contributed by atoms with Crippen molar-refractivity contribution in [3.05, 3.63) is 70.0 Å². The van der Waals surface area contributed by atoms with Crippen molar-refractivity contribution in [1.29, 1.82) is 0 Å². The molecule has 1 saturated heterocycles. The fraction of sp³-hybridized carbons (Fsp3) is 0.458. The standard InChI is InChI=1S/C24H30N6O4/c25-10-12-27-23(31)22-14-21(9-13-28(22)24(32)18-2-1-11-26-15-18)29(19-7-8-19)16-17-3-5-20(6-4-17)30(33)34/h1-6,11,15,19,21-22H,7-10,12-14,16,25H2,(H,27,31)/t21?,22-/m1/s1. The van der Waals surface area contributed by atoms with Crippen molar-refractivity contribution in [3.63, 3.8) is 0 Å². The zero-order chi connectivity index (χ0) is 24.1. The molecule has 1 aliphatic heterocycles. The lowest BCUT2D eigenvalue weighted by Gasteiger charge is -2.43. The number of nitro benzene ring substituents is 1. The fourth-order valence-electron chi connectivity index (χ4n) is 4.60. The Morgan fingerprint density at radius 3 is 2.56 bits per heavy atom. The van der Waals surface area contributed by atoms with Gasteiger partial charge >= 0.3 is 0 Å². The quantitative estimate of drug-likeness (QED) is 0.424. The Morgan fingerprint density at radius 2 is 1.94 bits per heavy atom. The molecule has 2 fully saturated rings. The second-order valence-electron chi connectivity index (χ2n) is 8.84. The van der Waals surface area contributed by atoms with E-state index in [1.807, 2.05) is 0 Å². The van der Waals surface area contributed by atoms with E-state index < -0.39 is 11.0 Å². The minimum absolute atomic E-state index is 0.0700. The van der Waals surface area contributed by atoms with Crippen LogP contribution in [0.15, 0.2) is 48.8 Å². The summed E-state index contributed by atoms with van der Waals surface area (Å²) in [5.74, 6) is -0.397. The van der Waals surface area contributed by atoms with Crippen LogP contribution in [0, 0.1) is 10.1 Å². The highest BCUT2D eigenvalue weighted by Gasteiger charge is 2.42. The van der Waals surface area contributed by atoms with Crippen LogP contribution in [-0.2, 0) is 11.3 Å². The average molecular weight is 467 g/mol. The van der Waals surface area contributed by atoms with Crippen LogP contribution in [0.5, 0.6) is 0 Å². The second kappa shape index (κ2) is 10.7. The van der Waals surface area contributed by atoms with Crippen LogP contribution >= 0.6 is 0 Å². The minimum Gasteiger partial charge on any atom is -0.353 e. The Balaban J connectivity index is 1.52. The van der Waals surface area contributed by atoms with Gasteiger partial charge in [0, 0.05) is 62.8 Å². The summed E-state index contributed by atoms with van der Waals surface area (Å²) in [7, 11) is 0. The van der Waals surface area contributed by atoms with E-state index in [9.17, 15) is 19.7 Å². The van der Waals surface area contributed by atoms with Crippen molar-refractivity contribution in [2.45, 2.75) is 50.4 Å².